The molecule has 3 rings (SSSR count). The van der Waals surface area contributed by atoms with Crippen molar-refractivity contribution < 1.29 is 33.3 Å². The number of hydrogen-bond acceptors (Lipinski definition) is 7. The van der Waals surface area contributed by atoms with Gasteiger partial charge in [0.05, 0.1) is 18.6 Å². The summed E-state index contributed by atoms with van der Waals surface area (Å²) in [6.45, 7) is 10.1. The standard InChI is InChI=1S/C28H47N3O7/c1-6-22(32)29-16-17-30-23(33)10-8-7-9-15-31-26(34)37-20-13-14-28(18-36-28)25(24(20)35-5)27(4)21(38-27)12-11-19(2)3/h11,20-21,24-25H,6-10,12-18H2,1-5H3,(H,29,32)(H,30,33)(H,31,34)/t20?,21-,24?,25?,27?,28+/m1/s1. The monoisotopic (exact) mass is 537 g/mol. The van der Waals surface area contributed by atoms with E-state index in [9.17, 15) is 14.4 Å². The molecule has 3 aliphatic rings. The van der Waals surface area contributed by atoms with Gasteiger partial charge in [-0.05, 0) is 52.9 Å². The smallest absolute Gasteiger partial charge is 0.407 e. The molecule has 0 radical (unpaired) electrons. The maximum Gasteiger partial charge on any atom is 0.407 e. The van der Waals surface area contributed by atoms with Crippen molar-refractivity contribution in [2.75, 3.05) is 33.4 Å². The Hall–Kier alpha value is -2.17. The highest BCUT2D eigenvalue weighted by Gasteiger charge is 2.72. The maximum atomic E-state index is 12.6. The van der Waals surface area contributed by atoms with Gasteiger partial charge in [0, 0.05) is 39.6 Å². The highest BCUT2D eigenvalue weighted by atomic mass is 16.6. The molecule has 6 atom stereocenters. The molecule has 216 valence electrons. The van der Waals surface area contributed by atoms with Gasteiger partial charge in [0.25, 0.3) is 0 Å². The summed E-state index contributed by atoms with van der Waals surface area (Å²) < 4.78 is 23.9. The average Bonchev–Trinajstić information content (AvgIpc) is 3.80. The van der Waals surface area contributed by atoms with Crippen LogP contribution in [0.1, 0.15) is 79.1 Å². The first-order valence-electron chi connectivity index (χ1n) is 14.1. The van der Waals surface area contributed by atoms with Gasteiger partial charge >= 0.3 is 6.09 Å². The Morgan fingerprint density at radius 3 is 2.37 bits per heavy atom. The quantitative estimate of drug-likeness (QED) is 0.166. The molecule has 3 N–H and O–H groups in total. The molecule has 1 spiro atoms. The third-order valence-corrected chi connectivity index (χ3v) is 7.94. The van der Waals surface area contributed by atoms with E-state index < -0.39 is 6.09 Å². The Kier molecular flexibility index (Phi) is 11.0. The van der Waals surface area contributed by atoms with Crippen LogP contribution >= 0.6 is 0 Å². The van der Waals surface area contributed by atoms with Crippen molar-refractivity contribution in [1.29, 1.82) is 0 Å². The lowest BCUT2D eigenvalue weighted by molar-refractivity contribution is -0.122. The molecule has 10 heteroatoms. The fourth-order valence-corrected chi connectivity index (χ4v) is 5.64. The molecular weight excluding hydrogens is 490 g/mol. The first-order valence-corrected chi connectivity index (χ1v) is 14.1. The van der Waals surface area contributed by atoms with Gasteiger partial charge in [-0.3, -0.25) is 9.59 Å². The van der Waals surface area contributed by atoms with Crippen molar-refractivity contribution >= 4 is 17.9 Å². The van der Waals surface area contributed by atoms with E-state index in [1.807, 2.05) is 0 Å². The predicted octanol–water partition coefficient (Wildman–Crippen LogP) is 2.99. The number of rotatable bonds is 15. The molecule has 3 fully saturated rings. The second kappa shape index (κ2) is 13.8. The van der Waals surface area contributed by atoms with Gasteiger partial charge in [-0.1, -0.05) is 25.0 Å². The van der Waals surface area contributed by atoms with Crippen LogP contribution < -0.4 is 16.0 Å². The number of nitrogens with one attached hydrogen (secondary N) is 3. The first-order chi connectivity index (χ1) is 18.1. The highest BCUT2D eigenvalue weighted by molar-refractivity contribution is 5.76. The largest absolute Gasteiger partial charge is 0.443 e. The molecule has 0 bridgehead atoms. The summed E-state index contributed by atoms with van der Waals surface area (Å²) in [7, 11) is 1.67. The van der Waals surface area contributed by atoms with Crippen LogP contribution in [0.25, 0.3) is 0 Å². The van der Waals surface area contributed by atoms with Crippen LogP contribution in [0.4, 0.5) is 4.79 Å². The summed E-state index contributed by atoms with van der Waals surface area (Å²) in [5, 5.41) is 8.35. The van der Waals surface area contributed by atoms with Gasteiger partial charge in [0.15, 0.2) is 0 Å². The number of carbonyl (C=O) groups is 3. The number of epoxide rings is 2. The molecule has 2 aliphatic heterocycles. The molecule has 0 aromatic heterocycles. The molecule has 1 aliphatic carbocycles. The maximum absolute atomic E-state index is 12.6. The second-order valence-corrected chi connectivity index (χ2v) is 11.1. The molecule has 4 unspecified atom stereocenters. The molecule has 2 heterocycles. The average molecular weight is 538 g/mol. The number of alkyl carbamates (subject to hydrolysis) is 1. The van der Waals surface area contributed by atoms with E-state index in [1.54, 1.807) is 14.0 Å². The third-order valence-electron chi connectivity index (χ3n) is 7.94. The van der Waals surface area contributed by atoms with Crippen LogP contribution in [-0.4, -0.2) is 80.8 Å². The van der Waals surface area contributed by atoms with E-state index in [0.29, 0.717) is 45.5 Å². The molecule has 38 heavy (non-hydrogen) atoms. The van der Waals surface area contributed by atoms with E-state index in [4.69, 9.17) is 18.9 Å². The van der Waals surface area contributed by atoms with Crippen molar-refractivity contribution in [2.24, 2.45) is 5.92 Å². The SMILES string of the molecule is CCC(=O)NCCNC(=O)CCCCCNC(=O)OC1CC[C@]2(CO2)C(C2(C)O[C@@H]2CC=C(C)C)C1OC. The zero-order chi connectivity index (χ0) is 27.8. The Morgan fingerprint density at radius 2 is 1.74 bits per heavy atom. The topological polar surface area (TPSA) is 131 Å². The van der Waals surface area contributed by atoms with Crippen molar-refractivity contribution in [1.82, 2.24) is 16.0 Å². The molecule has 2 saturated heterocycles. The van der Waals surface area contributed by atoms with Gasteiger partial charge in [0.1, 0.15) is 23.4 Å². The van der Waals surface area contributed by atoms with Gasteiger partial charge in [0.2, 0.25) is 11.8 Å². The van der Waals surface area contributed by atoms with Gasteiger partial charge < -0.3 is 34.9 Å². The zero-order valence-corrected chi connectivity index (χ0v) is 23.7. The number of amides is 3. The van der Waals surface area contributed by atoms with Crippen LogP contribution in [0.3, 0.4) is 0 Å². The van der Waals surface area contributed by atoms with E-state index in [2.05, 4.69) is 42.8 Å². The normalized spacial score (nSPS) is 31.3. The van der Waals surface area contributed by atoms with E-state index >= 15 is 0 Å². The van der Waals surface area contributed by atoms with Gasteiger partial charge in [-0.25, -0.2) is 4.79 Å². The number of hydrogen-bond donors (Lipinski definition) is 3. The zero-order valence-electron chi connectivity index (χ0n) is 23.7. The van der Waals surface area contributed by atoms with Crippen LogP contribution in [-0.2, 0) is 28.5 Å². The number of allylic oxidation sites excluding steroid dienone is 1. The van der Waals surface area contributed by atoms with Crippen molar-refractivity contribution in [3.05, 3.63) is 11.6 Å². The Labute approximate surface area is 226 Å². The molecule has 3 amide bonds. The summed E-state index contributed by atoms with van der Waals surface area (Å²) in [5.41, 5.74) is 0.654. The third kappa shape index (κ3) is 8.16. The van der Waals surface area contributed by atoms with Crippen LogP contribution in [0.2, 0.25) is 0 Å². The fraction of sp³-hybridized carbons (Fsp3) is 0.821. The summed E-state index contributed by atoms with van der Waals surface area (Å²) in [6, 6.07) is 0. The number of methoxy groups -OCH3 is 1. The molecule has 10 nitrogen and oxygen atoms in total. The molecule has 0 aromatic rings. The van der Waals surface area contributed by atoms with E-state index in [-0.39, 0.29) is 47.2 Å². The van der Waals surface area contributed by atoms with Crippen LogP contribution in [0, 0.1) is 5.92 Å². The minimum absolute atomic E-state index is 0.00354. The minimum atomic E-state index is -0.446. The van der Waals surface area contributed by atoms with Gasteiger partial charge in [-0.2, -0.15) is 0 Å². The molecule has 0 aromatic carbocycles. The molecule has 1 saturated carbocycles. The van der Waals surface area contributed by atoms with Crippen LogP contribution in [0.15, 0.2) is 11.6 Å². The fourth-order valence-electron chi connectivity index (χ4n) is 5.64. The Morgan fingerprint density at radius 1 is 1.03 bits per heavy atom. The number of unbranched alkanes of at least 4 members (excludes halogenated alkanes) is 2. The summed E-state index contributed by atoms with van der Waals surface area (Å²) in [5.74, 6) is -0.0623. The predicted molar refractivity (Wildman–Crippen MR) is 143 cm³/mol. The van der Waals surface area contributed by atoms with E-state index in [0.717, 1.165) is 32.1 Å². The lowest BCUT2D eigenvalue weighted by Gasteiger charge is -2.42. The molecular formula is C28H47N3O7. The van der Waals surface area contributed by atoms with Crippen molar-refractivity contribution in [2.45, 2.75) is 109 Å². The van der Waals surface area contributed by atoms with Crippen molar-refractivity contribution in [3.63, 3.8) is 0 Å². The number of ether oxygens (including phenoxy) is 4. The lowest BCUT2D eigenvalue weighted by Crippen LogP contribution is -2.56. The summed E-state index contributed by atoms with van der Waals surface area (Å²) in [4.78, 5) is 35.6. The first kappa shape index (κ1) is 30.4. The lowest BCUT2D eigenvalue weighted by atomic mass is 9.68. The second-order valence-electron chi connectivity index (χ2n) is 11.1. The van der Waals surface area contributed by atoms with Gasteiger partial charge in [-0.15, -0.1) is 0 Å². The number of carbonyl (C=O) groups excluding carboxylic acids is 3. The van der Waals surface area contributed by atoms with Crippen LogP contribution in [0.5, 0.6) is 0 Å². The summed E-state index contributed by atoms with van der Waals surface area (Å²) in [6.07, 6.45) is 6.71. The highest BCUT2D eigenvalue weighted by Crippen LogP contribution is 2.59. The Balaban J connectivity index is 1.35. The Bertz CT molecular complexity index is 855. The van der Waals surface area contributed by atoms with E-state index in [1.165, 1.54) is 5.57 Å². The summed E-state index contributed by atoms with van der Waals surface area (Å²) >= 11 is 0. The van der Waals surface area contributed by atoms with Crippen molar-refractivity contribution in [3.8, 4) is 0 Å². The minimum Gasteiger partial charge on any atom is -0.443 e.